The molecule has 0 aromatic carbocycles. The Morgan fingerprint density at radius 2 is 2.11 bits per heavy atom. The highest BCUT2D eigenvalue weighted by Gasteiger charge is 2.30. The first kappa shape index (κ1) is 16.0. The van der Waals surface area contributed by atoms with Crippen LogP contribution in [-0.2, 0) is 14.3 Å². The van der Waals surface area contributed by atoms with Crippen LogP contribution in [0.3, 0.4) is 0 Å². The highest BCUT2D eigenvalue weighted by atomic mass is 16.5. The number of hydrogen-bond acceptors (Lipinski definition) is 3. The van der Waals surface area contributed by atoms with Gasteiger partial charge in [0.25, 0.3) is 0 Å². The molecule has 0 aromatic rings. The van der Waals surface area contributed by atoms with E-state index in [1.165, 1.54) is 0 Å². The minimum absolute atomic E-state index is 0.0942. The molecule has 0 saturated carbocycles. The molecule has 0 aromatic heterocycles. The highest BCUT2D eigenvalue weighted by molar-refractivity contribution is 5.76. The molecule has 19 heavy (non-hydrogen) atoms. The summed E-state index contributed by atoms with van der Waals surface area (Å²) in [6.07, 6.45) is 2.50. The number of hydrogen-bond donors (Lipinski definition) is 1. The number of ether oxygens (including phenoxy) is 1. The van der Waals surface area contributed by atoms with E-state index in [2.05, 4.69) is 12.2 Å². The van der Waals surface area contributed by atoms with Crippen LogP contribution in [0.1, 0.15) is 33.1 Å². The third-order valence-corrected chi connectivity index (χ3v) is 3.94. The molecule has 1 fully saturated rings. The molecule has 1 heterocycles. The third kappa shape index (κ3) is 5.19. The van der Waals surface area contributed by atoms with Gasteiger partial charge in [-0.05, 0) is 18.3 Å². The standard InChI is InChI=1S/C14H26N2O3/c1-4-12-10-16(11(2)17)7-5-13(12)9-14(18)15-6-8-19-3/h12-13H,4-10H2,1-3H3,(H,15,18). The van der Waals surface area contributed by atoms with E-state index in [-0.39, 0.29) is 11.8 Å². The molecule has 0 bridgehead atoms. The number of likely N-dealkylation sites (tertiary alicyclic amines) is 1. The van der Waals surface area contributed by atoms with Gasteiger partial charge < -0.3 is 15.0 Å². The van der Waals surface area contributed by atoms with Gasteiger partial charge in [0.2, 0.25) is 11.8 Å². The Hall–Kier alpha value is -1.10. The van der Waals surface area contributed by atoms with Gasteiger partial charge in [-0.15, -0.1) is 0 Å². The fourth-order valence-corrected chi connectivity index (χ4v) is 2.70. The third-order valence-electron chi connectivity index (χ3n) is 3.94. The largest absolute Gasteiger partial charge is 0.383 e. The molecule has 5 heteroatoms. The van der Waals surface area contributed by atoms with Gasteiger partial charge in [-0.2, -0.15) is 0 Å². The molecule has 1 saturated heterocycles. The van der Waals surface area contributed by atoms with Crippen LogP contribution < -0.4 is 5.32 Å². The van der Waals surface area contributed by atoms with E-state index in [0.29, 0.717) is 31.4 Å². The Bertz CT molecular complexity index is 307. The second kappa shape index (κ2) is 8.15. The molecule has 0 radical (unpaired) electrons. The summed E-state index contributed by atoms with van der Waals surface area (Å²) >= 11 is 0. The van der Waals surface area contributed by atoms with E-state index < -0.39 is 0 Å². The molecular formula is C14H26N2O3. The van der Waals surface area contributed by atoms with Crippen molar-refractivity contribution in [1.29, 1.82) is 0 Å². The number of carbonyl (C=O) groups excluding carboxylic acids is 2. The van der Waals surface area contributed by atoms with E-state index in [9.17, 15) is 9.59 Å². The number of piperidine rings is 1. The lowest BCUT2D eigenvalue weighted by atomic mass is 9.81. The number of rotatable bonds is 6. The second-order valence-corrected chi connectivity index (χ2v) is 5.23. The second-order valence-electron chi connectivity index (χ2n) is 5.23. The van der Waals surface area contributed by atoms with Gasteiger partial charge in [0.1, 0.15) is 0 Å². The van der Waals surface area contributed by atoms with Gasteiger partial charge in [-0.3, -0.25) is 9.59 Å². The van der Waals surface area contributed by atoms with Crippen LogP contribution in [0.25, 0.3) is 0 Å². The van der Waals surface area contributed by atoms with Gasteiger partial charge in [-0.1, -0.05) is 13.3 Å². The average Bonchev–Trinajstić information content (AvgIpc) is 2.39. The molecule has 2 atom stereocenters. The van der Waals surface area contributed by atoms with Crippen LogP contribution in [0.2, 0.25) is 0 Å². The molecule has 1 aliphatic rings. The first-order valence-electron chi connectivity index (χ1n) is 7.09. The van der Waals surface area contributed by atoms with Crippen LogP contribution >= 0.6 is 0 Å². The smallest absolute Gasteiger partial charge is 0.220 e. The molecule has 110 valence electrons. The van der Waals surface area contributed by atoms with Crippen molar-refractivity contribution in [1.82, 2.24) is 10.2 Å². The molecule has 2 amide bonds. The van der Waals surface area contributed by atoms with Gasteiger partial charge in [0, 0.05) is 40.1 Å². The summed E-state index contributed by atoms with van der Waals surface area (Å²) in [6, 6.07) is 0. The van der Waals surface area contributed by atoms with Crippen LogP contribution in [0.5, 0.6) is 0 Å². The zero-order chi connectivity index (χ0) is 14.3. The van der Waals surface area contributed by atoms with Crippen molar-refractivity contribution in [2.75, 3.05) is 33.4 Å². The molecule has 1 N–H and O–H groups in total. The first-order chi connectivity index (χ1) is 9.08. The quantitative estimate of drug-likeness (QED) is 0.734. The lowest BCUT2D eigenvalue weighted by Gasteiger charge is -2.37. The maximum atomic E-state index is 11.8. The Kier molecular flexibility index (Phi) is 6.84. The molecular weight excluding hydrogens is 244 g/mol. The number of amides is 2. The fraction of sp³-hybridized carbons (Fsp3) is 0.857. The zero-order valence-electron chi connectivity index (χ0n) is 12.3. The minimum Gasteiger partial charge on any atom is -0.383 e. The van der Waals surface area contributed by atoms with E-state index in [0.717, 1.165) is 25.9 Å². The summed E-state index contributed by atoms with van der Waals surface area (Å²) in [5.41, 5.74) is 0. The van der Waals surface area contributed by atoms with Gasteiger partial charge in [0.05, 0.1) is 6.61 Å². The lowest BCUT2D eigenvalue weighted by molar-refractivity contribution is -0.132. The summed E-state index contributed by atoms with van der Waals surface area (Å²) in [5, 5.41) is 2.87. The Labute approximate surface area is 115 Å². The van der Waals surface area contributed by atoms with Crippen molar-refractivity contribution >= 4 is 11.8 Å². The minimum atomic E-state index is 0.0942. The normalized spacial score (nSPS) is 23.2. The van der Waals surface area contributed by atoms with E-state index in [1.54, 1.807) is 14.0 Å². The van der Waals surface area contributed by atoms with Crippen molar-refractivity contribution < 1.29 is 14.3 Å². The summed E-state index contributed by atoms with van der Waals surface area (Å²) in [7, 11) is 1.62. The monoisotopic (exact) mass is 270 g/mol. The van der Waals surface area contributed by atoms with Crippen molar-refractivity contribution in [3.8, 4) is 0 Å². The predicted octanol–water partition coefficient (Wildman–Crippen LogP) is 1.03. The van der Waals surface area contributed by atoms with E-state index in [1.807, 2.05) is 4.90 Å². The molecule has 0 aliphatic carbocycles. The summed E-state index contributed by atoms with van der Waals surface area (Å²) in [4.78, 5) is 25.1. The zero-order valence-corrected chi connectivity index (χ0v) is 12.3. The summed E-state index contributed by atoms with van der Waals surface area (Å²) in [5.74, 6) is 1.06. The van der Waals surface area contributed by atoms with Crippen molar-refractivity contribution in [2.45, 2.75) is 33.1 Å². The van der Waals surface area contributed by atoms with Crippen LogP contribution in [0, 0.1) is 11.8 Å². The fourth-order valence-electron chi connectivity index (χ4n) is 2.70. The number of nitrogens with zero attached hydrogens (tertiary/aromatic N) is 1. The van der Waals surface area contributed by atoms with Crippen LogP contribution in [0.15, 0.2) is 0 Å². The number of carbonyl (C=O) groups is 2. The summed E-state index contributed by atoms with van der Waals surface area (Å²) < 4.78 is 4.91. The van der Waals surface area contributed by atoms with E-state index in [4.69, 9.17) is 4.74 Å². The highest BCUT2D eigenvalue weighted by Crippen LogP contribution is 2.28. The molecule has 1 rings (SSSR count). The van der Waals surface area contributed by atoms with Crippen molar-refractivity contribution in [3.05, 3.63) is 0 Å². The Morgan fingerprint density at radius 1 is 1.37 bits per heavy atom. The number of methoxy groups -OCH3 is 1. The van der Waals surface area contributed by atoms with Gasteiger partial charge >= 0.3 is 0 Å². The maximum Gasteiger partial charge on any atom is 0.220 e. The van der Waals surface area contributed by atoms with Crippen LogP contribution in [0.4, 0.5) is 0 Å². The van der Waals surface area contributed by atoms with Crippen LogP contribution in [-0.4, -0.2) is 50.1 Å². The predicted molar refractivity (Wildman–Crippen MR) is 73.6 cm³/mol. The average molecular weight is 270 g/mol. The topological polar surface area (TPSA) is 58.6 Å². The van der Waals surface area contributed by atoms with Gasteiger partial charge in [0.15, 0.2) is 0 Å². The summed E-state index contributed by atoms with van der Waals surface area (Å²) in [6.45, 7) is 6.43. The Balaban J connectivity index is 2.40. The van der Waals surface area contributed by atoms with E-state index >= 15 is 0 Å². The lowest BCUT2D eigenvalue weighted by Crippen LogP contribution is -2.44. The molecule has 5 nitrogen and oxygen atoms in total. The van der Waals surface area contributed by atoms with Crippen molar-refractivity contribution in [2.24, 2.45) is 11.8 Å². The maximum absolute atomic E-state index is 11.8. The van der Waals surface area contributed by atoms with Crippen molar-refractivity contribution in [3.63, 3.8) is 0 Å². The Morgan fingerprint density at radius 3 is 2.68 bits per heavy atom. The molecule has 0 spiro atoms. The SMILES string of the molecule is CCC1CN(C(C)=O)CCC1CC(=O)NCCOC. The molecule has 1 aliphatic heterocycles. The number of nitrogens with one attached hydrogen (secondary N) is 1. The molecule has 2 unspecified atom stereocenters. The van der Waals surface area contributed by atoms with Gasteiger partial charge in [-0.25, -0.2) is 0 Å². The first-order valence-corrected chi connectivity index (χ1v) is 7.09.